The Kier molecular flexibility index (Phi) is 10.5. The van der Waals surface area contributed by atoms with Gasteiger partial charge in [0, 0.05) is 40.5 Å². The zero-order valence-corrected chi connectivity index (χ0v) is 27.7. The zero-order valence-electron chi connectivity index (χ0n) is 26.0. The van der Waals surface area contributed by atoms with Crippen LogP contribution in [0.1, 0.15) is 99.9 Å². The number of aromatic carboxylic acids is 1. The van der Waals surface area contributed by atoms with E-state index in [4.69, 9.17) is 8.94 Å². The minimum Gasteiger partial charge on any atom is -0.477 e. The van der Waals surface area contributed by atoms with Crippen molar-refractivity contribution >= 4 is 42.6 Å². The van der Waals surface area contributed by atoms with Crippen LogP contribution in [0.15, 0.2) is 58.9 Å². The highest BCUT2D eigenvalue weighted by molar-refractivity contribution is 7.56. The number of carboxylic acid groups (broad SMARTS) is 1. The number of rotatable bonds is 12. The maximum absolute atomic E-state index is 12.2. The molecule has 0 radical (unpaired) electrons. The van der Waals surface area contributed by atoms with E-state index in [9.17, 15) is 9.90 Å². The molecule has 5 rings (SSSR count). The molecule has 0 spiro atoms. The molecule has 1 aliphatic rings. The number of fused-ring (bicyclic) bond motifs is 1. The molecule has 0 aliphatic heterocycles. The summed E-state index contributed by atoms with van der Waals surface area (Å²) in [5, 5.41) is 9.97. The summed E-state index contributed by atoms with van der Waals surface area (Å²) < 4.78 is 12.4. The van der Waals surface area contributed by atoms with E-state index in [1.54, 1.807) is 0 Å². The predicted octanol–water partition coefficient (Wildman–Crippen LogP) is 11.4. The van der Waals surface area contributed by atoms with Gasteiger partial charge in [-0.3, -0.25) is 4.98 Å². The van der Waals surface area contributed by atoms with Crippen molar-refractivity contribution in [1.82, 2.24) is 4.98 Å². The highest BCUT2D eigenvalue weighted by Crippen LogP contribution is 2.51. The summed E-state index contributed by atoms with van der Waals surface area (Å²) in [6.45, 7) is 11.8. The number of furan rings is 1. The fourth-order valence-electron chi connectivity index (χ4n) is 5.80. The number of hydrogen-bond donors (Lipinski definition) is 1. The number of pyridine rings is 1. The van der Waals surface area contributed by atoms with Crippen molar-refractivity contribution in [3.8, 4) is 21.8 Å². The lowest BCUT2D eigenvalue weighted by molar-refractivity contribution is 0.0702. The van der Waals surface area contributed by atoms with Crippen molar-refractivity contribution in [3.05, 3.63) is 70.5 Å². The lowest BCUT2D eigenvalue weighted by atomic mass is 9.91. The third-order valence-electron chi connectivity index (χ3n) is 8.57. The van der Waals surface area contributed by atoms with Crippen LogP contribution in [0.25, 0.3) is 38.9 Å². The molecule has 0 saturated heterocycles. The SMILES string of the molecule is CCOP(C=Cc1cc(-c2ccc(-c3cc4ncc(C(C)CCC(C)C)cc4o3)cc2)sc1C(=O)O)C1CCC(C)CC1. The summed E-state index contributed by atoms with van der Waals surface area (Å²) >= 11 is 1.32. The molecule has 2 atom stereocenters. The number of thiophene rings is 1. The van der Waals surface area contributed by atoms with Gasteiger partial charge in [0.25, 0.3) is 0 Å². The fourth-order valence-corrected chi connectivity index (χ4v) is 8.75. The Morgan fingerprint density at radius 2 is 1.81 bits per heavy atom. The van der Waals surface area contributed by atoms with Gasteiger partial charge in [-0.1, -0.05) is 77.3 Å². The summed E-state index contributed by atoms with van der Waals surface area (Å²) in [6, 6.07) is 14.3. The van der Waals surface area contributed by atoms with Gasteiger partial charge in [-0.25, -0.2) is 4.79 Å². The molecule has 7 heteroatoms. The topological polar surface area (TPSA) is 72.6 Å². The molecule has 4 aromatic rings. The van der Waals surface area contributed by atoms with Gasteiger partial charge >= 0.3 is 5.97 Å². The maximum Gasteiger partial charge on any atom is 0.346 e. The number of nitrogens with zero attached hydrogens (tertiary/aromatic N) is 1. The Balaban J connectivity index is 1.34. The molecule has 5 nitrogen and oxygen atoms in total. The molecule has 2 unspecified atom stereocenters. The largest absolute Gasteiger partial charge is 0.477 e. The lowest BCUT2D eigenvalue weighted by Crippen LogP contribution is -2.16. The van der Waals surface area contributed by atoms with Crippen LogP contribution in [0.2, 0.25) is 0 Å². The van der Waals surface area contributed by atoms with Crippen LogP contribution >= 0.6 is 19.5 Å². The molecule has 228 valence electrons. The van der Waals surface area contributed by atoms with Crippen LogP contribution < -0.4 is 0 Å². The van der Waals surface area contributed by atoms with E-state index >= 15 is 0 Å². The predicted molar refractivity (Wildman–Crippen MR) is 181 cm³/mol. The van der Waals surface area contributed by atoms with E-state index < -0.39 is 14.1 Å². The molecule has 1 aromatic carbocycles. The van der Waals surface area contributed by atoms with Gasteiger partial charge in [0.2, 0.25) is 0 Å². The maximum atomic E-state index is 12.2. The third kappa shape index (κ3) is 7.84. The Morgan fingerprint density at radius 3 is 2.49 bits per heavy atom. The van der Waals surface area contributed by atoms with E-state index in [0.717, 1.165) is 50.8 Å². The minimum atomic E-state index is -0.896. The molecule has 43 heavy (non-hydrogen) atoms. The van der Waals surface area contributed by atoms with Crippen LogP contribution in [0.5, 0.6) is 0 Å². The molecular formula is C36H44NO4PS. The van der Waals surface area contributed by atoms with Crippen molar-refractivity contribution in [1.29, 1.82) is 0 Å². The van der Waals surface area contributed by atoms with Crippen LogP contribution in [0, 0.1) is 11.8 Å². The molecule has 1 fully saturated rings. The molecular weight excluding hydrogens is 573 g/mol. The summed E-state index contributed by atoms with van der Waals surface area (Å²) in [4.78, 5) is 18.1. The number of aromatic nitrogens is 1. The van der Waals surface area contributed by atoms with Crippen molar-refractivity contribution < 1.29 is 18.8 Å². The molecule has 1 N–H and O–H groups in total. The standard InChI is InChI=1S/C36H44NO4PS/c1-6-40-42(30-15-8-24(4)9-16-30)18-17-28-20-34(43-35(28)36(38)39)27-13-11-26(12-14-27)32-21-31-33(41-32)19-29(22-37-31)25(5)10-7-23(2)3/h11-14,17-25,30H,6-10,15-16H2,1-5H3,(H,38,39). The van der Waals surface area contributed by atoms with Gasteiger partial charge in [0.1, 0.15) is 16.2 Å². The minimum absolute atomic E-state index is 0.362. The Hall–Kier alpha value is -2.79. The van der Waals surface area contributed by atoms with Crippen LogP contribution in [0.4, 0.5) is 0 Å². The summed E-state index contributed by atoms with van der Waals surface area (Å²) in [6.07, 6.45) is 11.1. The number of carbonyl (C=O) groups is 1. The number of carboxylic acids is 1. The van der Waals surface area contributed by atoms with Gasteiger partial charge in [-0.15, -0.1) is 11.3 Å². The van der Waals surface area contributed by atoms with Crippen LogP contribution in [-0.4, -0.2) is 28.3 Å². The van der Waals surface area contributed by atoms with E-state index in [-0.39, 0.29) is 0 Å². The fraction of sp³-hybridized carbons (Fsp3) is 0.444. The first kappa shape index (κ1) is 31.6. The highest BCUT2D eigenvalue weighted by atomic mass is 32.1. The molecule has 0 bridgehead atoms. The van der Waals surface area contributed by atoms with Gasteiger partial charge in [-0.2, -0.15) is 0 Å². The first-order valence-corrected chi connectivity index (χ1v) is 17.9. The summed E-state index contributed by atoms with van der Waals surface area (Å²) in [5.41, 5.74) is 6.13. The van der Waals surface area contributed by atoms with Gasteiger partial charge in [-0.05, 0) is 73.0 Å². The second-order valence-electron chi connectivity index (χ2n) is 12.4. The first-order chi connectivity index (χ1) is 20.7. The van der Waals surface area contributed by atoms with Gasteiger partial charge in [0.15, 0.2) is 5.58 Å². The summed E-state index contributed by atoms with van der Waals surface area (Å²) in [7, 11) is -0.733. The van der Waals surface area contributed by atoms with Crippen molar-refractivity contribution in [2.75, 3.05) is 6.61 Å². The number of benzene rings is 1. The Labute approximate surface area is 261 Å². The Bertz CT molecular complexity index is 1550. The quantitative estimate of drug-likeness (QED) is 0.160. The van der Waals surface area contributed by atoms with Crippen LogP contribution in [-0.2, 0) is 4.52 Å². The zero-order chi connectivity index (χ0) is 30.5. The third-order valence-corrected chi connectivity index (χ3v) is 12.0. The normalized spacial score (nSPS) is 18.9. The lowest BCUT2D eigenvalue weighted by Gasteiger charge is -2.30. The van der Waals surface area contributed by atoms with Crippen molar-refractivity contribution in [2.24, 2.45) is 11.8 Å². The van der Waals surface area contributed by atoms with Crippen molar-refractivity contribution in [3.63, 3.8) is 0 Å². The smallest absolute Gasteiger partial charge is 0.346 e. The van der Waals surface area contributed by atoms with Crippen molar-refractivity contribution in [2.45, 2.75) is 84.7 Å². The monoisotopic (exact) mass is 617 g/mol. The van der Waals surface area contributed by atoms with Gasteiger partial charge in [0.05, 0.1) is 8.15 Å². The van der Waals surface area contributed by atoms with Crippen LogP contribution in [0.3, 0.4) is 0 Å². The average Bonchev–Trinajstić information content (AvgIpc) is 3.63. The Morgan fingerprint density at radius 1 is 1.09 bits per heavy atom. The second-order valence-corrected chi connectivity index (χ2v) is 15.5. The summed E-state index contributed by atoms with van der Waals surface area (Å²) in [5.74, 6) is 3.95. The molecule has 0 amide bonds. The van der Waals surface area contributed by atoms with E-state index in [1.807, 2.05) is 55.6 Å². The molecule has 1 saturated carbocycles. The number of hydrogen-bond acceptors (Lipinski definition) is 5. The van der Waals surface area contributed by atoms with E-state index in [2.05, 4.69) is 44.6 Å². The van der Waals surface area contributed by atoms with E-state index in [0.29, 0.717) is 29.0 Å². The van der Waals surface area contributed by atoms with E-state index in [1.165, 1.54) is 49.0 Å². The average molecular weight is 618 g/mol. The van der Waals surface area contributed by atoms with Gasteiger partial charge < -0.3 is 14.0 Å². The first-order valence-electron chi connectivity index (χ1n) is 15.7. The molecule has 3 heterocycles. The molecule has 3 aromatic heterocycles. The highest BCUT2D eigenvalue weighted by Gasteiger charge is 2.25. The second kappa shape index (κ2) is 14.3. The molecule has 1 aliphatic carbocycles.